The molecule has 0 amide bonds. The fourth-order valence-electron chi connectivity index (χ4n) is 4.42. The molecule has 2 atom stereocenters. The lowest BCUT2D eigenvalue weighted by atomic mass is 9.69. The zero-order valence-corrected chi connectivity index (χ0v) is 19.7. The Balaban J connectivity index is 1.82. The van der Waals surface area contributed by atoms with Gasteiger partial charge in [0.1, 0.15) is 0 Å². The molecule has 31 heavy (non-hydrogen) atoms. The Morgan fingerprint density at radius 3 is 2.10 bits per heavy atom. The molecule has 0 saturated heterocycles. The van der Waals surface area contributed by atoms with Gasteiger partial charge in [0.15, 0.2) is 0 Å². The Morgan fingerprint density at radius 2 is 1.65 bits per heavy atom. The molecule has 0 spiro atoms. The van der Waals surface area contributed by atoms with E-state index in [1.54, 1.807) is 4.68 Å². The summed E-state index contributed by atoms with van der Waals surface area (Å²) < 4.78 is 1.55. The van der Waals surface area contributed by atoms with Gasteiger partial charge in [0, 0.05) is 41.8 Å². The van der Waals surface area contributed by atoms with E-state index in [2.05, 4.69) is 29.2 Å². The molecular weight excluding hydrogens is 392 g/mol. The van der Waals surface area contributed by atoms with Crippen LogP contribution < -0.4 is 26.0 Å². The Bertz CT molecular complexity index is 925. The van der Waals surface area contributed by atoms with Crippen molar-refractivity contribution in [2.75, 3.05) is 23.3 Å². The predicted molar refractivity (Wildman–Crippen MR) is 122 cm³/mol. The van der Waals surface area contributed by atoms with Crippen molar-refractivity contribution in [1.29, 1.82) is 0 Å². The molecule has 172 valence electrons. The number of anilines is 2. The molecule has 1 aromatic carbocycles. The van der Waals surface area contributed by atoms with Gasteiger partial charge in [-0.25, -0.2) is 4.68 Å². The van der Waals surface area contributed by atoms with E-state index in [1.807, 2.05) is 58.9 Å². The van der Waals surface area contributed by atoms with Crippen LogP contribution in [0.1, 0.15) is 71.6 Å². The fourth-order valence-corrected chi connectivity index (χ4v) is 4.42. The second-order valence-corrected chi connectivity index (χ2v) is 9.75. The van der Waals surface area contributed by atoms with Crippen LogP contribution >= 0.6 is 0 Å². The Labute approximate surface area is 185 Å². The van der Waals surface area contributed by atoms with Gasteiger partial charge in [0.25, 0.3) is 5.56 Å². The molecule has 1 fully saturated rings. The smallest absolute Gasteiger partial charge is 0.270 e. The van der Waals surface area contributed by atoms with Crippen LogP contribution in [0.25, 0.3) is 0 Å². The summed E-state index contributed by atoms with van der Waals surface area (Å²) in [6.07, 6.45) is -2.33. The molecule has 0 radical (unpaired) electrons. The van der Waals surface area contributed by atoms with Gasteiger partial charge in [-0.1, -0.05) is 13.8 Å². The summed E-state index contributed by atoms with van der Waals surface area (Å²) in [7, 11) is 0. The lowest BCUT2D eigenvalue weighted by Crippen LogP contribution is -2.72. The summed E-state index contributed by atoms with van der Waals surface area (Å²) in [6, 6.07) is 7.06. The summed E-state index contributed by atoms with van der Waals surface area (Å²) in [5, 5.41) is 32.5. The molecule has 1 heterocycles. The first-order valence-electron chi connectivity index (χ1n) is 11.3. The number of hydrogen-bond acceptors (Lipinski definition) is 5. The molecule has 1 aromatic heterocycles. The van der Waals surface area contributed by atoms with E-state index in [0.29, 0.717) is 11.3 Å². The zero-order valence-electron chi connectivity index (χ0n) is 19.7. The molecule has 1 saturated carbocycles. The number of hydrogen-bond donors (Lipinski definition) is 2. The Kier molecular flexibility index (Phi) is 6.58. The molecule has 7 heteroatoms. The van der Waals surface area contributed by atoms with E-state index in [1.165, 1.54) is 0 Å². The van der Waals surface area contributed by atoms with E-state index >= 15 is 0 Å². The normalized spacial score (nSPS) is 23.7. The number of rotatable bonds is 7. The van der Waals surface area contributed by atoms with E-state index < -0.39 is 29.7 Å². The van der Waals surface area contributed by atoms with Crippen LogP contribution in [0.3, 0.4) is 0 Å². The van der Waals surface area contributed by atoms with Crippen LogP contribution in [-0.4, -0.2) is 41.1 Å². The van der Waals surface area contributed by atoms with Crippen molar-refractivity contribution in [3.63, 3.8) is 0 Å². The molecule has 0 bridgehead atoms. The second-order valence-electron chi connectivity index (χ2n) is 9.75. The van der Waals surface area contributed by atoms with Crippen molar-refractivity contribution in [1.82, 2.24) is 9.78 Å². The van der Waals surface area contributed by atoms with Crippen LogP contribution in [0.5, 0.6) is 0 Å². The van der Waals surface area contributed by atoms with E-state index in [0.717, 1.165) is 24.5 Å². The maximum absolute atomic E-state index is 13.1. The molecule has 2 aromatic rings. The van der Waals surface area contributed by atoms with Gasteiger partial charge in [0.2, 0.25) is 0 Å². The number of aromatic amines is 1. The number of nitrogens with one attached hydrogen (secondary N) is 2. The SMILES string of the molecule is CCN(CC)c1ccc(NC2C([O-])C(c3c(C(C)C)[nH]n(C(C)(C)C)c3=O)C2[O-])cc1. The molecule has 1 aliphatic carbocycles. The first kappa shape index (κ1) is 23.4. The van der Waals surface area contributed by atoms with E-state index in [9.17, 15) is 15.0 Å². The average Bonchev–Trinajstić information content (AvgIpc) is 3.06. The summed E-state index contributed by atoms with van der Waals surface area (Å²) >= 11 is 0. The minimum Gasteiger partial charge on any atom is -0.850 e. The highest BCUT2D eigenvalue weighted by atomic mass is 16.3. The fraction of sp³-hybridized carbons (Fsp3) is 0.625. The maximum atomic E-state index is 13.1. The van der Waals surface area contributed by atoms with E-state index in [4.69, 9.17) is 0 Å². The second kappa shape index (κ2) is 8.71. The van der Waals surface area contributed by atoms with Gasteiger partial charge < -0.3 is 20.4 Å². The lowest BCUT2D eigenvalue weighted by Gasteiger charge is -2.61. The van der Waals surface area contributed by atoms with E-state index in [-0.39, 0.29) is 11.5 Å². The monoisotopic (exact) mass is 428 g/mol. The summed E-state index contributed by atoms with van der Waals surface area (Å²) in [5.41, 5.74) is 2.24. The van der Waals surface area contributed by atoms with Gasteiger partial charge >= 0.3 is 0 Å². The maximum Gasteiger partial charge on any atom is 0.270 e. The van der Waals surface area contributed by atoms with Gasteiger partial charge in [-0.3, -0.25) is 9.89 Å². The molecule has 2 unspecified atom stereocenters. The summed E-state index contributed by atoms with van der Waals surface area (Å²) in [6.45, 7) is 15.8. The minimum absolute atomic E-state index is 0.0188. The zero-order chi connectivity index (χ0) is 23.1. The third kappa shape index (κ3) is 4.26. The van der Waals surface area contributed by atoms with Gasteiger partial charge in [-0.15, -0.1) is 12.2 Å². The lowest BCUT2D eigenvalue weighted by molar-refractivity contribution is -0.530. The first-order valence-corrected chi connectivity index (χ1v) is 11.3. The number of benzene rings is 1. The van der Waals surface area contributed by atoms with Gasteiger partial charge in [-0.2, -0.15) is 0 Å². The largest absolute Gasteiger partial charge is 0.850 e. The van der Waals surface area contributed by atoms with Crippen molar-refractivity contribution < 1.29 is 10.2 Å². The van der Waals surface area contributed by atoms with Crippen LogP contribution in [0.4, 0.5) is 11.4 Å². The number of nitrogens with zero attached hydrogens (tertiary/aromatic N) is 2. The van der Waals surface area contributed by atoms with Crippen molar-refractivity contribution >= 4 is 11.4 Å². The minimum atomic E-state index is -1.17. The summed E-state index contributed by atoms with van der Waals surface area (Å²) in [4.78, 5) is 15.4. The third-order valence-corrected chi connectivity index (χ3v) is 6.28. The average molecular weight is 429 g/mol. The van der Waals surface area contributed by atoms with Crippen LogP contribution in [0.2, 0.25) is 0 Å². The van der Waals surface area contributed by atoms with Crippen molar-refractivity contribution in [2.45, 2.75) is 84.1 Å². The van der Waals surface area contributed by atoms with Gasteiger partial charge in [-0.05, 0) is 70.7 Å². The van der Waals surface area contributed by atoms with Crippen molar-refractivity contribution in [3.8, 4) is 0 Å². The topological polar surface area (TPSA) is 99.2 Å². The highest BCUT2D eigenvalue weighted by molar-refractivity contribution is 5.56. The Morgan fingerprint density at radius 1 is 1.10 bits per heavy atom. The van der Waals surface area contributed by atoms with Crippen LogP contribution in [0.15, 0.2) is 29.1 Å². The summed E-state index contributed by atoms with van der Waals surface area (Å²) in [5.74, 6) is -0.817. The first-order chi connectivity index (χ1) is 14.5. The van der Waals surface area contributed by atoms with Gasteiger partial charge in [0.05, 0.1) is 5.54 Å². The highest BCUT2D eigenvalue weighted by Crippen LogP contribution is 2.38. The number of H-pyrrole nitrogens is 1. The third-order valence-electron chi connectivity index (χ3n) is 6.28. The predicted octanol–water partition coefficient (Wildman–Crippen LogP) is 1.94. The molecule has 1 aliphatic rings. The molecule has 0 aliphatic heterocycles. The molecule has 2 N–H and O–H groups in total. The quantitative estimate of drug-likeness (QED) is 0.702. The molecule has 7 nitrogen and oxygen atoms in total. The Hall–Kier alpha value is -2.25. The molecular formula is C24H36N4O3-2. The standard InChI is InChI=1S/C24H36N4O3/c1-8-27(9-2)16-12-10-15(11-13-16)25-20-21(29)18(22(20)30)17-19(14(3)4)26-28(23(17)31)24(5,6)7/h10-14,18,20-22,25-26H,8-9H2,1-7H3/q-2. The van der Waals surface area contributed by atoms with Crippen molar-refractivity contribution in [3.05, 3.63) is 45.9 Å². The highest BCUT2D eigenvalue weighted by Gasteiger charge is 2.42. The van der Waals surface area contributed by atoms with Crippen LogP contribution in [-0.2, 0) is 5.54 Å². The van der Waals surface area contributed by atoms with Crippen LogP contribution in [0, 0.1) is 0 Å². The molecule has 3 rings (SSSR count). The van der Waals surface area contributed by atoms with Crippen molar-refractivity contribution in [2.24, 2.45) is 0 Å². The number of aromatic nitrogens is 2.